The lowest BCUT2D eigenvalue weighted by molar-refractivity contribution is -0.122. The molecule has 2 heterocycles. The van der Waals surface area contributed by atoms with Gasteiger partial charge in [-0.05, 0) is 35.2 Å². The molecule has 1 N–H and O–H groups in total. The number of nitrogens with one attached hydrogen (secondary N) is 1. The van der Waals surface area contributed by atoms with Crippen molar-refractivity contribution in [3.63, 3.8) is 0 Å². The number of carbonyl (C=O) groups is 1. The minimum absolute atomic E-state index is 0.00449. The van der Waals surface area contributed by atoms with Crippen LogP contribution in [0.25, 0.3) is 11.3 Å². The highest BCUT2D eigenvalue weighted by Crippen LogP contribution is 2.19. The van der Waals surface area contributed by atoms with E-state index in [1.54, 1.807) is 18.6 Å². The van der Waals surface area contributed by atoms with E-state index < -0.39 is 0 Å². The van der Waals surface area contributed by atoms with E-state index in [9.17, 15) is 4.79 Å². The third-order valence-corrected chi connectivity index (χ3v) is 2.98. The smallest absolute Gasteiger partial charge is 0.220 e. The van der Waals surface area contributed by atoms with E-state index in [1.165, 1.54) is 0 Å². The predicted molar refractivity (Wildman–Crippen MR) is 83.4 cm³/mol. The largest absolute Gasteiger partial charge is 0.352 e. The molecule has 0 fully saturated rings. The van der Waals surface area contributed by atoms with E-state index in [1.807, 2.05) is 24.3 Å². The Bertz CT molecular complexity index is 603. The van der Waals surface area contributed by atoms with Crippen LogP contribution in [0.4, 0.5) is 0 Å². The van der Waals surface area contributed by atoms with Crippen LogP contribution in [0.1, 0.15) is 32.8 Å². The van der Waals surface area contributed by atoms with Crippen LogP contribution in [-0.2, 0) is 11.3 Å². The zero-order valence-electron chi connectivity index (χ0n) is 12.8. The molecule has 21 heavy (non-hydrogen) atoms. The van der Waals surface area contributed by atoms with Crippen molar-refractivity contribution in [2.45, 2.75) is 33.7 Å². The number of nitrogens with zero attached hydrogens (tertiary/aromatic N) is 2. The van der Waals surface area contributed by atoms with Gasteiger partial charge in [-0.3, -0.25) is 14.8 Å². The van der Waals surface area contributed by atoms with Crippen molar-refractivity contribution in [2.75, 3.05) is 0 Å². The van der Waals surface area contributed by atoms with Gasteiger partial charge in [-0.25, -0.2) is 0 Å². The third kappa shape index (κ3) is 4.99. The quantitative estimate of drug-likeness (QED) is 0.937. The Hall–Kier alpha value is -2.23. The molecule has 0 radical (unpaired) electrons. The van der Waals surface area contributed by atoms with Crippen molar-refractivity contribution < 1.29 is 4.79 Å². The topological polar surface area (TPSA) is 54.9 Å². The van der Waals surface area contributed by atoms with Crippen molar-refractivity contribution >= 4 is 5.91 Å². The lowest BCUT2D eigenvalue weighted by Crippen LogP contribution is -2.27. The number of amides is 1. The monoisotopic (exact) mass is 283 g/mol. The van der Waals surface area contributed by atoms with Crippen molar-refractivity contribution in [1.82, 2.24) is 15.3 Å². The first-order valence-corrected chi connectivity index (χ1v) is 7.06. The molecule has 4 heteroatoms. The van der Waals surface area contributed by atoms with Gasteiger partial charge < -0.3 is 5.32 Å². The maximum absolute atomic E-state index is 11.9. The van der Waals surface area contributed by atoms with E-state index in [-0.39, 0.29) is 11.3 Å². The van der Waals surface area contributed by atoms with Crippen molar-refractivity contribution in [1.29, 1.82) is 0 Å². The molecule has 110 valence electrons. The molecular formula is C17H21N3O. The highest BCUT2D eigenvalue weighted by atomic mass is 16.1. The second-order valence-electron chi connectivity index (χ2n) is 6.30. The Morgan fingerprint density at radius 2 is 1.86 bits per heavy atom. The number of rotatable bonds is 4. The summed E-state index contributed by atoms with van der Waals surface area (Å²) in [5.74, 6) is 0.0739. The van der Waals surface area contributed by atoms with Crippen molar-refractivity contribution in [2.24, 2.45) is 5.41 Å². The maximum atomic E-state index is 11.9. The van der Waals surface area contributed by atoms with Crippen LogP contribution in [0.2, 0.25) is 0 Å². The highest BCUT2D eigenvalue weighted by Gasteiger charge is 2.15. The molecule has 0 unspecified atom stereocenters. The van der Waals surface area contributed by atoms with Crippen LogP contribution in [0.3, 0.4) is 0 Å². The number of pyridine rings is 2. The maximum Gasteiger partial charge on any atom is 0.220 e. The molecule has 0 aromatic carbocycles. The number of aromatic nitrogens is 2. The van der Waals surface area contributed by atoms with Crippen LogP contribution in [0.15, 0.2) is 42.9 Å². The van der Waals surface area contributed by atoms with Gasteiger partial charge in [-0.1, -0.05) is 20.8 Å². The molecule has 0 atom stereocenters. The molecule has 0 aliphatic rings. The molecular weight excluding hydrogens is 262 g/mol. The molecule has 1 amide bonds. The summed E-state index contributed by atoms with van der Waals surface area (Å²) in [6.07, 6.45) is 5.78. The van der Waals surface area contributed by atoms with Gasteiger partial charge in [0.1, 0.15) is 0 Å². The summed E-state index contributed by atoms with van der Waals surface area (Å²) in [6.45, 7) is 6.69. The van der Waals surface area contributed by atoms with E-state index >= 15 is 0 Å². The second kappa shape index (κ2) is 6.48. The Balaban J connectivity index is 2.01. The number of carbonyl (C=O) groups excluding carboxylic acids is 1. The SMILES string of the molecule is CC(C)(C)CC(=O)NCc1ccnc(-c2ccncc2)c1. The van der Waals surface area contributed by atoms with Crippen molar-refractivity contribution in [3.8, 4) is 11.3 Å². The summed E-state index contributed by atoms with van der Waals surface area (Å²) in [6, 6.07) is 7.75. The van der Waals surface area contributed by atoms with Gasteiger partial charge >= 0.3 is 0 Å². The van der Waals surface area contributed by atoms with Gasteiger partial charge in [0.05, 0.1) is 5.69 Å². The summed E-state index contributed by atoms with van der Waals surface area (Å²) in [7, 11) is 0. The zero-order valence-corrected chi connectivity index (χ0v) is 12.8. The predicted octanol–water partition coefficient (Wildman–Crippen LogP) is 3.20. The molecule has 0 aliphatic carbocycles. The molecule has 0 bridgehead atoms. The van der Waals surface area contributed by atoms with Crippen LogP contribution in [0.5, 0.6) is 0 Å². The first-order valence-electron chi connectivity index (χ1n) is 7.06. The molecule has 2 aromatic heterocycles. The van der Waals surface area contributed by atoms with Crippen LogP contribution in [-0.4, -0.2) is 15.9 Å². The van der Waals surface area contributed by atoms with Gasteiger partial charge in [-0.2, -0.15) is 0 Å². The van der Waals surface area contributed by atoms with Crippen molar-refractivity contribution in [3.05, 3.63) is 48.4 Å². The summed E-state index contributed by atoms with van der Waals surface area (Å²) in [5, 5.41) is 2.96. The standard InChI is InChI=1S/C17H21N3O/c1-17(2,3)11-16(21)20-12-13-4-9-19-15(10-13)14-5-7-18-8-6-14/h4-10H,11-12H2,1-3H3,(H,20,21). The summed E-state index contributed by atoms with van der Waals surface area (Å²) in [4.78, 5) is 20.2. The van der Waals surface area contributed by atoms with Crippen LogP contribution >= 0.6 is 0 Å². The average Bonchev–Trinajstić information content (AvgIpc) is 2.45. The third-order valence-electron chi connectivity index (χ3n) is 2.98. The molecule has 0 spiro atoms. The zero-order chi connectivity index (χ0) is 15.3. The van der Waals surface area contributed by atoms with Gasteiger partial charge in [0.25, 0.3) is 0 Å². The lowest BCUT2D eigenvalue weighted by Gasteiger charge is -2.17. The van der Waals surface area contributed by atoms with Gasteiger partial charge in [0, 0.05) is 37.1 Å². The fourth-order valence-electron chi connectivity index (χ4n) is 2.01. The Morgan fingerprint density at radius 3 is 2.52 bits per heavy atom. The fraction of sp³-hybridized carbons (Fsp3) is 0.353. The summed E-state index contributed by atoms with van der Waals surface area (Å²) in [5.41, 5.74) is 2.96. The van der Waals surface area contributed by atoms with Crippen LogP contribution < -0.4 is 5.32 Å². The lowest BCUT2D eigenvalue weighted by atomic mass is 9.92. The highest BCUT2D eigenvalue weighted by molar-refractivity contribution is 5.76. The minimum Gasteiger partial charge on any atom is -0.352 e. The fourth-order valence-corrected chi connectivity index (χ4v) is 2.01. The second-order valence-corrected chi connectivity index (χ2v) is 6.30. The Labute approximate surface area is 125 Å². The molecule has 2 rings (SSSR count). The van der Waals surface area contributed by atoms with Gasteiger partial charge in [0.2, 0.25) is 5.91 Å². The molecule has 0 aliphatic heterocycles. The van der Waals surface area contributed by atoms with E-state index in [0.29, 0.717) is 13.0 Å². The summed E-state index contributed by atoms with van der Waals surface area (Å²) >= 11 is 0. The Morgan fingerprint density at radius 1 is 1.14 bits per heavy atom. The number of hydrogen-bond acceptors (Lipinski definition) is 3. The van der Waals surface area contributed by atoms with Gasteiger partial charge in [-0.15, -0.1) is 0 Å². The first-order chi connectivity index (χ1) is 9.94. The first kappa shape index (κ1) is 15.2. The number of hydrogen-bond donors (Lipinski definition) is 1. The van der Waals surface area contributed by atoms with Crippen LogP contribution in [0, 0.1) is 5.41 Å². The van der Waals surface area contributed by atoms with E-state index in [4.69, 9.17) is 0 Å². The molecule has 4 nitrogen and oxygen atoms in total. The average molecular weight is 283 g/mol. The summed E-state index contributed by atoms with van der Waals surface area (Å²) < 4.78 is 0. The molecule has 0 saturated carbocycles. The Kier molecular flexibility index (Phi) is 4.68. The normalized spacial score (nSPS) is 11.2. The van der Waals surface area contributed by atoms with E-state index in [0.717, 1.165) is 16.8 Å². The van der Waals surface area contributed by atoms with E-state index in [2.05, 4.69) is 36.1 Å². The molecule has 2 aromatic rings. The minimum atomic E-state index is 0.00449. The van der Waals surface area contributed by atoms with Gasteiger partial charge in [0.15, 0.2) is 0 Å². The molecule has 0 saturated heterocycles.